The predicted octanol–water partition coefficient (Wildman–Crippen LogP) is 4.13. The summed E-state index contributed by atoms with van der Waals surface area (Å²) in [5.74, 6) is -0.481. The number of anilines is 1. The van der Waals surface area contributed by atoms with Crippen LogP contribution in [0.3, 0.4) is 0 Å². The van der Waals surface area contributed by atoms with Crippen molar-refractivity contribution in [3.05, 3.63) is 47.2 Å². The molecule has 1 aromatic carbocycles. The molecule has 2 aromatic rings. The van der Waals surface area contributed by atoms with E-state index in [1.807, 2.05) is 30.3 Å². The minimum atomic E-state index is -1.09. The third-order valence-corrected chi connectivity index (χ3v) is 4.42. The van der Waals surface area contributed by atoms with E-state index in [1.54, 1.807) is 26.2 Å². The molecule has 0 aliphatic heterocycles. The van der Waals surface area contributed by atoms with E-state index in [9.17, 15) is 9.59 Å². The van der Waals surface area contributed by atoms with E-state index in [-0.39, 0.29) is 17.9 Å². The Morgan fingerprint density at radius 1 is 1.16 bits per heavy atom. The van der Waals surface area contributed by atoms with Crippen LogP contribution in [-0.2, 0) is 4.79 Å². The molecule has 2 rings (SSSR count). The molecule has 2 unspecified atom stereocenters. The van der Waals surface area contributed by atoms with Gasteiger partial charge in [-0.3, -0.25) is 9.78 Å². The molecule has 2 amide bonds. The zero-order valence-electron chi connectivity index (χ0n) is 14.0. The highest BCUT2D eigenvalue weighted by atomic mass is 79.9. The largest absolute Gasteiger partial charge is 0.465 e. The second-order valence-corrected chi connectivity index (χ2v) is 6.76. The molecule has 25 heavy (non-hydrogen) atoms. The lowest BCUT2D eigenvalue weighted by Gasteiger charge is -2.17. The van der Waals surface area contributed by atoms with Gasteiger partial charge >= 0.3 is 6.09 Å². The molecule has 0 saturated heterocycles. The summed E-state index contributed by atoms with van der Waals surface area (Å²) in [6.07, 6.45) is 2.79. The fourth-order valence-electron chi connectivity index (χ4n) is 2.50. The van der Waals surface area contributed by atoms with Crippen LogP contribution in [0.25, 0.3) is 11.1 Å². The van der Waals surface area contributed by atoms with Crippen LogP contribution in [-0.4, -0.2) is 28.1 Å². The summed E-state index contributed by atoms with van der Waals surface area (Å²) < 4.78 is 0.777. The third-order valence-electron chi connectivity index (χ3n) is 3.77. The Morgan fingerprint density at radius 2 is 1.84 bits per heavy atom. The second kappa shape index (κ2) is 8.62. The van der Waals surface area contributed by atoms with Crippen molar-refractivity contribution in [3.8, 4) is 11.1 Å². The molecule has 0 radical (unpaired) electrons. The van der Waals surface area contributed by atoms with Gasteiger partial charge in [0.15, 0.2) is 0 Å². The first-order chi connectivity index (χ1) is 11.9. The number of nitrogens with zero attached hydrogens (tertiary/aromatic N) is 1. The fraction of sp³-hybridized carbons (Fsp3) is 0.278. The van der Waals surface area contributed by atoms with E-state index in [1.165, 1.54) is 0 Å². The van der Waals surface area contributed by atoms with Crippen LogP contribution in [0.4, 0.5) is 10.5 Å². The topological polar surface area (TPSA) is 91.3 Å². The Labute approximate surface area is 154 Å². The summed E-state index contributed by atoms with van der Waals surface area (Å²) in [6.45, 7) is 3.51. The van der Waals surface area contributed by atoms with Gasteiger partial charge in [-0.2, -0.15) is 0 Å². The summed E-state index contributed by atoms with van der Waals surface area (Å²) in [7, 11) is 0. The number of halogens is 1. The van der Waals surface area contributed by atoms with Crippen LogP contribution in [0.1, 0.15) is 20.3 Å². The van der Waals surface area contributed by atoms with Crippen molar-refractivity contribution >= 4 is 33.6 Å². The number of rotatable bonds is 6. The van der Waals surface area contributed by atoms with Gasteiger partial charge in [-0.15, -0.1) is 0 Å². The number of carbonyl (C=O) groups is 2. The first kappa shape index (κ1) is 18.9. The fourth-order valence-corrected chi connectivity index (χ4v) is 2.98. The number of carboxylic acid groups (broad SMARTS) is 1. The number of nitrogens with one attached hydrogen (secondary N) is 2. The van der Waals surface area contributed by atoms with Crippen LogP contribution >= 0.6 is 15.9 Å². The summed E-state index contributed by atoms with van der Waals surface area (Å²) in [4.78, 5) is 26.9. The third kappa shape index (κ3) is 5.56. The van der Waals surface area contributed by atoms with Crippen molar-refractivity contribution in [1.29, 1.82) is 0 Å². The molecule has 0 aliphatic rings. The number of aromatic nitrogens is 1. The number of hydrogen-bond acceptors (Lipinski definition) is 3. The number of benzene rings is 1. The molecule has 0 fully saturated rings. The molecular weight excluding hydrogens is 386 g/mol. The van der Waals surface area contributed by atoms with E-state index in [0.717, 1.165) is 15.6 Å². The first-order valence-electron chi connectivity index (χ1n) is 7.87. The van der Waals surface area contributed by atoms with Crippen LogP contribution < -0.4 is 10.6 Å². The maximum atomic E-state index is 12.3. The molecule has 0 saturated carbocycles. The Kier molecular flexibility index (Phi) is 6.52. The minimum Gasteiger partial charge on any atom is -0.465 e. The van der Waals surface area contributed by atoms with Gasteiger partial charge in [-0.25, -0.2) is 4.79 Å². The van der Waals surface area contributed by atoms with Crippen molar-refractivity contribution in [2.75, 3.05) is 5.32 Å². The summed E-state index contributed by atoms with van der Waals surface area (Å²) in [5, 5.41) is 13.9. The van der Waals surface area contributed by atoms with Crippen molar-refractivity contribution < 1.29 is 14.7 Å². The average molecular weight is 406 g/mol. The van der Waals surface area contributed by atoms with Gasteiger partial charge in [0.1, 0.15) is 0 Å². The van der Waals surface area contributed by atoms with Crippen LogP contribution in [0, 0.1) is 5.92 Å². The van der Waals surface area contributed by atoms with E-state index < -0.39 is 6.09 Å². The minimum absolute atomic E-state index is 0.156. The Morgan fingerprint density at radius 3 is 2.44 bits per heavy atom. The monoisotopic (exact) mass is 405 g/mol. The van der Waals surface area contributed by atoms with Gasteiger partial charge in [0.2, 0.25) is 5.91 Å². The summed E-state index contributed by atoms with van der Waals surface area (Å²) in [6, 6.07) is 9.23. The van der Waals surface area contributed by atoms with Gasteiger partial charge in [-0.05, 0) is 64.7 Å². The first-order valence-corrected chi connectivity index (χ1v) is 8.66. The smallest absolute Gasteiger partial charge is 0.404 e. The van der Waals surface area contributed by atoms with E-state index in [0.29, 0.717) is 12.1 Å². The molecule has 2 atom stereocenters. The molecule has 132 valence electrons. The van der Waals surface area contributed by atoms with Gasteiger partial charge in [0.05, 0.1) is 5.69 Å². The maximum Gasteiger partial charge on any atom is 0.404 e. The van der Waals surface area contributed by atoms with Gasteiger partial charge in [0, 0.05) is 28.8 Å². The summed E-state index contributed by atoms with van der Waals surface area (Å²) in [5.41, 5.74) is 2.73. The maximum absolute atomic E-state index is 12.3. The number of hydrogen-bond donors (Lipinski definition) is 3. The summed E-state index contributed by atoms with van der Waals surface area (Å²) >= 11 is 3.49. The Balaban J connectivity index is 2.02. The van der Waals surface area contributed by atoms with Crippen molar-refractivity contribution in [2.24, 2.45) is 5.92 Å². The molecule has 6 nitrogen and oxygen atoms in total. The molecule has 3 N–H and O–H groups in total. The highest BCUT2D eigenvalue weighted by Crippen LogP contribution is 2.29. The van der Waals surface area contributed by atoms with Gasteiger partial charge < -0.3 is 15.7 Å². The van der Waals surface area contributed by atoms with Crippen molar-refractivity contribution in [2.45, 2.75) is 26.3 Å². The van der Waals surface area contributed by atoms with Crippen molar-refractivity contribution in [3.63, 3.8) is 0 Å². The van der Waals surface area contributed by atoms with E-state index in [4.69, 9.17) is 5.11 Å². The molecular formula is C18H20BrN3O3. The normalized spacial score (nSPS) is 12.9. The number of pyridine rings is 1. The van der Waals surface area contributed by atoms with Gasteiger partial charge in [-0.1, -0.05) is 13.0 Å². The van der Waals surface area contributed by atoms with E-state index >= 15 is 0 Å². The number of carbonyl (C=O) groups excluding carboxylic acids is 1. The SMILES string of the molecule is CC(CC(C)C(=O)Nc1ccc(-c2ccncc2)cc1Br)NC(=O)O. The van der Waals surface area contributed by atoms with Gasteiger partial charge in [0.25, 0.3) is 0 Å². The standard InChI is InChI=1S/C18H20BrN3O3/c1-11(9-12(2)21-18(24)25)17(23)22-16-4-3-14(10-15(16)19)13-5-7-20-8-6-13/h3-8,10-12,21H,9H2,1-2H3,(H,22,23)(H,24,25). The molecule has 1 aromatic heterocycles. The number of amides is 2. The van der Waals surface area contributed by atoms with Crippen LogP contribution in [0.15, 0.2) is 47.2 Å². The Hall–Kier alpha value is -2.41. The highest BCUT2D eigenvalue weighted by molar-refractivity contribution is 9.10. The zero-order chi connectivity index (χ0) is 18.4. The zero-order valence-corrected chi connectivity index (χ0v) is 15.6. The molecule has 0 bridgehead atoms. The predicted molar refractivity (Wildman–Crippen MR) is 100 cm³/mol. The lowest BCUT2D eigenvalue weighted by atomic mass is 10.0. The van der Waals surface area contributed by atoms with Crippen molar-refractivity contribution in [1.82, 2.24) is 10.3 Å². The van der Waals surface area contributed by atoms with E-state index in [2.05, 4.69) is 31.5 Å². The lowest BCUT2D eigenvalue weighted by molar-refractivity contribution is -0.119. The molecule has 1 heterocycles. The average Bonchev–Trinajstić information content (AvgIpc) is 2.56. The lowest BCUT2D eigenvalue weighted by Crippen LogP contribution is -2.34. The van der Waals surface area contributed by atoms with Crippen LogP contribution in [0.2, 0.25) is 0 Å². The van der Waals surface area contributed by atoms with Crippen LogP contribution in [0.5, 0.6) is 0 Å². The molecule has 0 aliphatic carbocycles. The molecule has 0 spiro atoms. The second-order valence-electron chi connectivity index (χ2n) is 5.91. The quantitative estimate of drug-likeness (QED) is 0.673. The Bertz CT molecular complexity index is 752. The highest BCUT2D eigenvalue weighted by Gasteiger charge is 2.18. The molecule has 7 heteroatoms.